The summed E-state index contributed by atoms with van der Waals surface area (Å²) in [6, 6.07) is 5.90. The van der Waals surface area contributed by atoms with Crippen LogP contribution in [0.4, 0.5) is 8.78 Å². The van der Waals surface area contributed by atoms with Crippen LogP contribution in [0.5, 0.6) is 5.75 Å². The van der Waals surface area contributed by atoms with E-state index in [2.05, 4.69) is 23.9 Å². The minimum absolute atomic E-state index is 0.0110. The van der Waals surface area contributed by atoms with Crippen molar-refractivity contribution in [2.45, 2.75) is 52.2 Å². The Kier molecular flexibility index (Phi) is 6.15. The number of carbonyl (C=O) groups excluding carboxylic acids is 1. The molecule has 6 heteroatoms. The third kappa shape index (κ3) is 4.66. The summed E-state index contributed by atoms with van der Waals surface area (Å²) in [5.41, 5.74) is 0.120. The molecule has 1 aromatic carbocycles. The summed E-state index contributed by atoms with van der Waals surface area (Å²) in [4.78, 5) is 12.5. The van der Waals surface area contributed by atoms with Crippen molar-refractivity contribution in [2.24, 2.45) is 11.3 Å². The second-order valence-electron chi connectivity index (χ2n) is 6.91. The number of aliphatic hydroxyl groups excluding tert-OH is 1. The van der Waals surface area contributed by atoms with E-state index in [9.17, 15) is 18.7 Å². The Morgan fingerprint density at radius 1 is 1.38 bits per heavy atom. The van der Waals surface area contributed by atoms with Crippen molar-refractivity contribution in [1.29, 1.82) is 0 Å². The van der Waals surface area contributed by atoms with Gasteiger partial charge in [0.25, 0.3) is 0 Å². The predicted octanol–water partition coefficient (Wildman–Crippen LogP) is 3.65. The molecule has 1 amide bonds. The fourth-order valence-corrected chi connectivity index (χ4v) is 3.30. The van der Waals surface area contributed by atoms with Gasteiger partial charge in [-0.3, -0.25) is 4.79 Å². The standard InChI is InChI=1S/C18H25F2NO3/c1-12(2)10-18(7-4-8-18)16(23)21-11-15(22)13-5-3-6-14(9-13)24-17(19)20/h3,5-6,9,12,15,17,22H,4,7-8,10-11H2,1-2H3,(H,21,23). The fourth-order valence-electron chi connectivity index (χ4n) is 3.30. The molecule has 1 aliphatic rings. The van der Waals surface area contributed by atoms with Gasteiger partial charge in [0.2, 0.25) is 5.91 Å². The first kappa shape index (κ1) is 18.6. The van der Waals surface area contributed by atoms with E-state index in [1.54, 1.807) is 6.07 Å². The van der Waals surface area contributed by atoms with Crippen molar-refractivity contribution in [3.63, 3.8) is 0 Å². The van der Waals surface area contributed by atoms with Crippen LogP contribution < -0.4 is 10.1 Å². The van der Waals surface area contributed by atoms with Crippen LogP contribution in [0.25, 0.3) is 0 Å². The summed E-state index contributed by atoms with van der Waals surface area (Å²) >= 11 is 0. The Labute approximate surface area is 141 Å². The van der Waals surface area contributed by atoms with Gasteiger partial charge in [-0.15, -0.1) is 0 Å². The van der Waals surface area contributed by atoms with Crippen molar-refractivity contribution in [1.82, 2.24) is 5.32 Å². The second-order valence-corrected chi connectivity index (χ2v) is 6.91. The van der Waals surface area contributed by atoms with Gasteiger partial charge in [-0.1, -0.05) is 32.4 Å². The number of nitrogens with one attached hydrogen (secondary N) is 1. The van der Waals surface area contributed by atoms with Crippen LogP contribution in [-0.2, 0) is 4.79 Å². The average molecular weight is 341 g/mol. The van der Waals surface area contributed by atoms with Crippen LogP contribution in [0.1, 0.15) is 51.2 Å². The van der Waals surface area contributed by atoms with E-state index in [4.69, 9.17) is 0 Å². The summed E-state index contributed by atoms with van der Waals surface area (Å²) in [7, 11) is 0. The fraction of sp³-hybridized carbons (Fsp3) is 0.611. The van der Waals surface area contributed by atoms with Gasteiger partial charge < -0.3 is 15.2 Å². The van der Waals surface area contributed by atoms with Gasteiger partial charge in [-0.2, -0.15) is 8.78 Å². The van der Waals surface area contributed by atoms with Gasteiger partial charge in [-0.25, -0.2) is 0 Å². The van der Waals surface area contributed by atoms with E-state index in [1.165, 1.54) is 18.2 Å². The van der Waals surface area contributed by atoms with Crippen molar-refractivity contribution in [2.75, 3.05) is 6.54 Å². The lowest BCUT2D eigenvalue weighted by Crippen LogP contribution is -2.47. The largest absolute Gasteiger partial charge is 0.435 e. The topological polar surface area (TPSA) is 58.6 Å². The van der Waals surface area contributed by atoms with Crippen LogP contribution in [0.3, 0.4) is 0 Å². The van der Waals surface area contributed by atoms with Gasteiger partial charge in [0.05, 0.1) is 6.10 Å². The molecule has 0 aromatic heterocycles. The van der Waals surface area contributed by atoms with Gasteiger partial charge in [0.15, 0.2) is 0 Å². The number of aliphatic hydroxyl groups is 1. The minimum atomic E-state index is -2.91. The maximum atomic E-state index is 12.5. The maximum absolute atomic E-state index is 12.5. The molecular formula is C18H25F2NO3. The summed E-state index contributed by atoms with van der Waals surface area (Å²) in [5, 5.41) is 13.0. The quantitative estimate of drug-likeness (QED) is 0.759. The zero-order valence-corrected chi connectivity index (χ0v) is 14.1. The summed E-state index contributed by atoms with van der Waals surface area (Å²) < 4.78 is 28.8. The number of rotatable bonds is 8. The van der Waals surface area contributed by atoms with Gasteiger partial charge in [0.1, 0.15) is 5.75 Å². The van der Waals surface area contributed by atoms with Crippen LogP contribution >= 0.6 is 0 Å². The first-order valence-electron chi connectivity index (χ1n) is 8.33. The SMILES string of the molecule is CC(C)CC1(C(=O)NCC(O)c2cccc(OC(F)F)c2)CCC1. The maximum Gasteiger partial charge on any atom is 0.387 e. The van der Waals surface area contributed by atoms with Gasteiger partial charge in [0, 0.05) is 12.0 Å². The number of hydrogen-bond acceptors (Lipinski definition) is 3. The lowest BCUT2D eigenvalue weighted by Gasteiger charge is -2.41. The first-order valence-corrected chi connectivity index (χ1v) is 8.33. The molecule has 0 radical (unpaired) electrons. The molecule has 2 N–H and O–H groups in total. The molecule has 4 nitrogen and oxygen atoms in total. The predicted molar refractivity (Wildman–Crippen MR) is 86.8 cm³/mol. The Hall–Kier alpha value is -1.69. The third-order valence-corrected chi connectivity index (χ3v) is 4.52. The van der Waals surface area contributed by atoms with Crippen LogP contribution in [0.2, 0.25) is 0 Å². The van der Waals surface area contributed by atoms with E-state index >= 15 is 0 Å². The molecule has 1 fully saturated rings. The molecule has 0 bridgehead atoms. The van der Waals surface area contributed by atoms with E-state index in [0.717, 1.165) is 25.7 Å². The second kappa shape index (κ2) is 7.92. The normalized spacial score (nSPS) is 17.5. The highest BCUT2D eigenvalue weighted by molar-refractivity contribution is 5.83. The molecule has 1 aliphatic carbocycles. The van der Waals surface area contributed by atoms with Crippen LogP contribution in [0.15, 0.2) is 24.3 Å². The van der Waals surface area contributed by atoms with Gasteiger partial charge >= 0.3 is 6.61 Å². The molecular weight excluding hydrogens is 316 g/mol. The van der Waals surface area contributed by atoms with Crippen molar-refractivity contribution in [3.05, 3.63) is 29.8 Å². The monoisotopic (exact) mass is 341 g/mol. The van der Waals surface area contributed by atoms with E-state index in [1.807, 2.05) is 0 Å². The zero-order valence-electron chi connectivity index (χ0n) is 14.1. The van der Waals surface area contributed by atoms with E-state index in [-0.39, 0.29) is 23.6 Å². The molecule has 0 heterocycles. The molecule has 1 aromatic rings. The van der Waals surface area contributed by atoms with E-state index < -0.39 is 12.7 Å². The molecule has 134 valence electrons. The number of halogens is 2. The Morgan fingerprint density at radius 3 is 2.62 bits per heavy atom. The minimum Gasteiger partial charge on any atom is -0.435 e. The highest BCUT2D eigenvalue weighted by atomic mass is 19.3. The highest BCUT2D eigenvalue weighted by Crippen LogP contribution is 2.46. The number of hydrogen-bond donors (Lipinski definition) is 2. The Bertz CT molecular complexity index is 559. The molecule has 1 saturated carbocycles. The lowest BCUT2D eigenvalue weighted by atomic mass is 9.64. The number of ether oxygens (including phenoxy) is 1. The van der Waals surface area contributed by atoms with Crippen LogP contribution in [0, 0.1) is 11.3 Å². The van der Waals surface area contributed by atoms with Crippen molar-refractivity contribution >= 4 is 5.91 Å². The smallest absolute Gasteiger partial charge is 0.387 e. The summed E-state index contributed by atoms with van der Waals surface area (Å²) in [6.45, 7) is 1.33. The average Bonchev–Trinajstić information content (AvgIpc) is 2.47. The summed E-state index contributed by atoms with van der Waals surface area (Å²) in [5.74, 6) is 0.397. The molecule has 24 heavy (non-hydrogen) atoms. The number of carbonyl (C=O) groups is 1. The third-order valence-electron chi connectivity index (χ3n) is 4.52. The summed E-state index contributed by atoms with van der Waals surface area (Å²) in [6.07, 6.45) is 2.68. The molecule has 1 unspecified atom stereocenters. The molecule has 0 aliphatic heterocycles. The molecule has 1 atom stereocenters. The van der Waals surface area contributed by atoms with Crippen molar-refractivity contribution < 1.29 is 23.4 Å². The first-order chi connectivity index (χ1) is 11.3. The van der Waals surface area contributed by atoms with Crippen molar-refractivity contribution in [3.8, 4) is 5.75 Å². The molecule has 0 saturated heterocycles. The molecule has 2 rings (SSSR count). The van der Waals surface area contributed by atoms with Crippen LogP contribution in [-0.4, -0.2) is 24.2 Å². The van der Waals surface area contributed by atoms with E-state index in [0.29, 0.717) is 11.5 Å². The number of amides is 1. The lowest BCUT2D eigenvalue weighted by molar-refractivity contribution is -0.137. The Balaban J connectivity index is 1.92. The number of alkyl halides is 2. The Morgan fingerprint density at radius 2 is 2.08 bits per heavy atom. The zero-order chi connectivity index (χ0) is 17.7. The molecule has 0 spiro atoms. The number of benzene rings is 1. The highest BCUT2D eigenvalue weighted by Gasteiger charge is 2.44. The van der Waals surface area contributed by atoms with Gasteiger partial charge in [-0.05, 0) is 42.9 Å².